The number of ether oxygens (including phenoxy) is 2. The SMILES string of the molecule is CC(C)OC(=O)[C@H](C)N(Oc1ccccc1CCNC(=O)OCc1ccccc1)[PH+]=O. The highest BCUT2D eigenvalue weighted by Crippen LogP contribution is 2.24. The van der Waals surface area contributed by atoms with Crippen LogP contribution in [0.5, 0.6) is 5.75 Å². The molecule has 0 saturated heterocycles. The predicted octanol–water partition coefficient (Wildman–Crippen LogP) is 4.03. The average Bonchev–Trinajstić information content (AvgIpc) is 2.76. The summed E-state index contributed by atoms with van der Waals surface area (Å²) in [5.41, 5.74) is 1.68. The van der Waals surface area contributed by atoms with Crippen LogP contribution in [0.3, 0.4) is 0 Å². The number of nitrogens with one attached hydrogen (secondary N) is 1. The molecule has 0 heterocycles. The minimum Gasteiger partial charge on any atom is -0.462 e. The fourth-order valence-corrected chi connectivity index (χ4v) is 2.98. The maximum atomic E-state index is 12.1. The van der Waals surface area contributed by atoms with Crippen molar-refractivity contribution in [3.63, 3.8) is 0 Å². The smallest absolute Gasteiger partial charge is 0.457 e. The molecule has 2 rings (SSSR count). The Bertz CT molecular complexity index is 862. The Hall–Kier alpha value is -2.96. The van der Waals surface area contributed by atoms with Gasteiger partial charge >= 0.3 is 20.7 Å². The molecule has 2 aromatic carbocycles. The van der Waals surface area contributed by atoms with Crippen LogP contribution >= 0.6 is 8.61 Å². The first-order chi connectivity index (χ1) is 14.9. The molecule has 8 nitrogen and oxygen atoms in total. The number of hydrogen-bond acceptors (Lipinski definition) is 6. The highest BCUT2D eigenvalue weighted by Gasteiger charge is 2.32. The second-order valence-corrected chi connectivity index (χ2v) is 7.64. The Morgan fingerprint density at radius 3 is 2.39 bits per heavy atom. The molecule has 0 fully saturated rings. The number of carbonyl (C=O) groups is 2. The summed E-state index contributed by atoms with van der Waals surface area (Å²) in [5.74, 6) is -0.0897. The van der Waals surface area contributed by atoms with Crippen LogP contribution in [0.2, 0.25) is 0 Å². The number of amides is 1. The summed E-state index contributed by atoms with van der Waals surface area (Å²) < 4.78 is 22.0. The molecule has 0 aliphatic rings. The van der Waals surface area contributed by atoms with Crippen molar-refractivity contribution < 1.29 is 28.5 Å². The summed E-state index contributed by atoms with van der Waals surface area (Å²) in [6.07, 6.45) is -0.348. The van der Waals surface area contributed by atoms with E-state index in [1.807, 2.05) is 42.5 Å². The van der Waals surface area contributed by atoms with Gasteiger partial charge in [-0.25, -0.2) is 4.79 Å². The van der Waals surface area contributed by atoms with E-state index in [0.717, 1.165) is 16.0 Å². The fourth-order valence-electron chi connectivity index (χ4n) is 2.58. The normalized spacial score (nSPS) is 11.9. The van der Waals surface area contributed by atoms with Crippen molar-refractivity contribution in [1.29, 1.82) is 0 Å². The standard InChI is InChI=1S/C22H27N2O6P/c1-16(2)29-21(25)17(3)24(31-27)30-20-12-8-7-11-19(20)13-14-23-22(26)28-15-18-9-5-4-6-10-18/h4-12,16-17H,13-15H2,1-3H3,(H,23,26)/p+1/t17-/m0/s1. The fraction of sp³-hybridized carbons (Fsp3) is 0.364. The highest BCUT2D eigenvalue weighted by molar-refractivity contribution is 7.20. The molecule has 0 radical (unpaired) electrons. The zero-order chi connectivity index (χ0) is 22.6. The largest absolute Gasteiger partial charge is 0.462 e. The molecular formula is C22H28N2O6P+. The number of hydroxylamine groups is 1. The molecule has 9 heteroatoms. The monoisotopic (exact) mass is 447 g/mol. The van der Waals surface area contributed by atoms with Crippen LogP contribution in [0.1, 0.15) is 31.9 Å². The second kappa shape index (κ2) is 12.7. The van der Waals surface area contributed by atoms with Crippen molar-refractivity contribution in [2.45, 2.75) is 45.9 Å². The predicted molar refractivity (Wildman–Crippen MR) is 117 cm³/mol. The van der Waals surface area contributed by atoms with Crippen LogP contribution in [0.15, 0.2) is 54.6 Å². The summed E-state index contributed by atoms with van der Waals surface area (Å²) in [5, 5.41) is 2.69. The minimum absolute atomic E-state index is 0.191. The van der Waals surface area contributed by atoms with Crippen LogP contribution in [-0.2, 0) is 31.9 Å². The quantitative estimate of drug-likeness (QED) is 0.316. The number of rotatable bonds is 11. The number of hydrogen-bond donors (Lipinski definition) is 1. The lowest BCUT2D eigenvalue weighted by atomic mass is 10.1. The van der Waals surface area contributed by atoms with E-state index in [0.29, 0.717) is 18.7 Å². The van der Waals surface area contributed by atoms with Crippen molar-refractivity contribution in [3.05, 3.63) is 65.7 Å². The molecule has 0 spiro atoms. The van der Waals surface area contributed by atoms with Gasteiger partial charge in [-0.05, 0) is 49.0 Å². The van der Waals surface area contributed by atoms with Gasteiger partial charge in [-0.15, -0.1) is 0 Å². The summed E-state index contributed by atoms with van der Waals surface area (Å²) in [6.45, 7) is 5.54. The Balaban J connectivity index is 1.88. The lowest BCUT2D eigenvalue weighted by molar-refractivity contribution is -0.157. The average molecular weight is 447 g/mol. The molecule has 0 aliphatic heterocycles. The lowest BCUT2D eigenvalue weighted by Gasteiger charge is -2.18. The van der Waals surface area contributed by atoms with Gasteiger partial charge in [0.05, 0.1) is 10.9 Å². The first-order valence-corrected chi connectivity index (χ1v) is 10.8. The van der Waals surface area contributed by atoms with E-state index in [9.17, 15) is 14.2 Å². The third-order valence-electron chi connectivity index (χ3n) is 4.18. The van der Waals surface area contributed by atoms with Crippen LogP contribution in [0.25, 0.3) is 0 Å². The number of para-hydroxylation sites is 1. The summed E-state index contributed by atoms with van der Waals surface area (Å²) in [7, 11) is -1.00. The van der Waals surface area contributed by atoms with Crippen molar-refractivity contribution in [2.75, 3.05) is 6.54 Å². The van der Waals surface area contributed by atoms with Gasteiger partial charge in [-0.3, -0.25) is 4.79 Å². The second-order valence-electron chi connectivity index (χ2n) is 7.02. The van der Waals surface area contributed by atoms with E-state index in [-0.39, 0.29) is 12.7 Å². The van der Waals surface area contributed by atoms with Gasteiger partial charge in [0, 0.05) is 6.54 Å². The summed E-state index contributed by atoms with van der Waals surface area (Å²) in [4.78, 5) is 30.8. The van der Waals surface area contributed by atoms with Gasteiger partial charge in [-0.1, -0.05) is 48.5 Å². The van der Waals surface area contributed by atoms with Crippen LogP contribution < -0.4 is 10.2 Å². The Kier molecular flexibility index (Phi) is 9.94. The van der Waals surface area contributed by atoms with Crippen molar-refractivity contribution in [3.8, 4) is 5.75 Å². The molecule has 166 valence electrons. The van der Waals surface area contributed by atoms with E-state index in [2.05, 4.69) is 5.32 Å². The first-order valence-electron chi connectivity index (χ1n) is 9.98. The van der Waals surface area contributed by atoms with Gasteiger partial charge in [-0.2, -0.15) is 0 Å². The molecule has 0 bridgehead atoms. The Morgan fingerprint density at radius 2 is 1.71 bits per heavy atom. The zero-order valence-corrected chi connectivity index (χ0v) is 18.9. The molecule has 0 aliphatic carbocycles. The van der Waals surface area contributed by atoms with E-state index in [1.54, 1.807) is 32.9 Å². The van der Waals surface area contributed by atoms with Gasteiger partial charge in [0.1, 0.15) is 6.61 Å². The first kappa shape index (κ1) is 24.3. The lowest BCUT2D eigenvalue weighted by Crippen LogP contribution is -2.37. The molecule has 0 aromatic heterocycles. The third-order valence-corrected chi connectivity index (χ3v) is 4.84. The molecule has 1 amide bonds. The Labute approximate surface area is 183 Å². The zero-order valence-electron chi connectivity index (χ0n) is 17.9. The molecule has 1 N–H and O–H groups in total. The number of benzene rings is 2. The van der Waals surface area contributed by atoms with Gasteiger partial charge in [0.25, 0.3) is 0 Å². The Morgan fingerprint density at radius 1 is 1.03 bits per heavy atom. The molecule has 2 aromatic rings. The maximum Gasteiger partial charge on any atom is 0.457 e. The number of nitrogens with zero attached hydrogens (tertiary/aromatic N) is 1. The van der Waals surface area contributed by atoms with Gasteiger partial charge < -0.3 is 19.6 Å². The minimum atomic E-state index is -1.00. The highest BCUT2D eigenvalue weighted by atomic mass is 31.1. The van der Waals surface area contributed by atoms with Gasteiger partial charge in [0.2, 0.25) is 0 Å². The summed E-state index contributed by atoms with van der Waals surface area (Å²) in [6, 6.07) is 15.7. The van der Waals surface area contributed by atoms with Crippen LogP contribution in [0.4, 0.5) is 4.79 Å². The van der Waals surface area contributed by atoms with E-state index in [1.165, 1.54) is 0 Å². The molecular weight excluding hydrogens is 419 g/mol. The van der Waals surface area contributed by atoms with Gasteiger partial charge in [0.15, 0.2) is 11.8 Å². The third kappa shape index (κ3) is 8.36. The van der Waals surface area contributed by atoms with Crippen molar-refractivity contribution >= 4 is 20.7 Å². The summed E-state index contributed by atoms with van der Waals surface area (Å²) >= 11 is 0. The molecule has 2 atom stereocenters. The van der Waals surface area contributed by atoms with Crippen LogP contribution in [-0.4, -0.2) is 35.6 Å². The topological polar surface area (TPSA) is 94.2 Å². The van der Waals surface area contributed by atoms with E-state index in [4.69, 9.17) is 14.3 Å². The van der Waals surface area contributed by atoms with E-state index >= 15 is 0 Å². The molecule has 1 unspecified atom stereocenters. The van der Waals surface area contributed by atoms with E-state index < -0.39 is 26.7 Å². The molecule has 0 saturated carbocycles. The number of carbonyl (C=O) groups excluding carboxylic acids is 2. The molecule has 31 heavy (non-hydrogen) atoms. The van der Waals surface area contributed by atoms with Crippen molar-refractivity contribution in [2.24, 2.45) is 0 Å². The number of alkyl carbamates (subject to hydrolysis) is 1. The number of esters is 1. The van der Waals surface area contributed by atoms with Crippen molar-refractivity contribution in [1.82, 2.24) is 10.2 Å². The van der Waals surface area contributed by atoms with Crippen LogP contribution in [0, 0.1) is 0 Å². The maximum absolute atomic E-state index is 12.1.